The normalized spacial score (nSPS) is 17.9. The quantitative estimate of drug-likeness (QED) is 0.767. The van der Waals surface area contributed by atoms with Crippen LogP contribution in [0.5, 0.6) is 0 Å². The average molecular weight is 219 g/mol. The number of hydrogen-bond donors (Lipinski definition) is 0. The molecule has 3 heteroatoms. The van der Waals surface area contributed by atoms with Crippen molar-refractivity contribution in [3.8, 4) is 0 Å². The highest BCUT2D eigenvalue weighted by Crippen LogP contribution is 2.11. The fourth-order valence-corrected chi connectivity index (χ4v) is 1.89. The van der Waals surface area contributed by atoms with Crippen LogP contribution in [0.15, 0.2) is 30.3 Å². The van der Waals surface area contributed by atoms with Crippen LogP contribution in [0.2, 0.25) is 0 Å². The third kappa shape index (κ3) is 3.04. The van der Waals surface area contributed by atoms with E-state index in [9.17, 15) is 0 Å². The molecule has 3 nitrogen and oxygen atoms in total. The van der Waals surface area contributed by atoms with Gasteiger partial charge in [0, 0.05) is 19.6 Å². The van der Waals surface area contributed by atoms with E-state index in [1.807, 2.05) is 6.07 Å². The summed E-state index contributed by atoms with van der Waals surface area (Å²) < 4.78 is 5.36. The van der Waals surface area contributed by atoms with E-state index in [2.05, 4.69) is 47.8 Å². The van der Waals surface area contributed by atoms with E-state index >= 15 is 0 Å². The molecular weight excluding hydrogens is 200 g/mol. The largest absolute Gasteiger partial charge is 0.379 e. The monoisotopic (exact) mass is 219 g/mol. The Balaban J connectivity index is 1.94. The van der Waals surface area contributed by atoms with Gasteiger partial charge < -0.3 is 4.74 Å². The van der Waals surface area contributed by atoms with Crippen LogP contribution in [0, 0.1) is 6.54 Å². The van der Waals surface area contributed by atoms with Gasteiger partial charge in [-0.3, -0.25) is 0 Å². The molecule has 1 aliphatic rings. The molecule has 1 fully saturated rings. The summed E-state index contributed by atoms with van der Waals surface area (Å²) in [4.78, 5) is 0. The zero-order valence-electron chi connectivity index (χ0n) is 9.80. The summed E-state index contributed by atoms with van der Waals surface area (Å²) in [6, 6.07) is 10.4. The minimum absolute atomic E-state index is 0.832. The van der Waals surface area contributed by atoms with Crippen LogP contribution in [0.3, 0.4) is 0 Å². The summed E-state index contributed by atoms with van der Waals surface area (Å²) >= 11 is 0. The predicted octanol–water partition coefficient (Wildman–Crippen LogP) is 1.77. The summed E-state index contributed by atoms with van der Waals surface area (Å²) in [5.41, 5.74) is 1.25. The van der Waals surface area contributed by atoms with Crippen molar-refractivity contribution >= 4 is 0 Å². The van der Waals surface area contributed by atoms with Gasteiger partial charge >= 0.3 is 0 Å². The number of benzene rings is 1. The molecule has 16 heavy (non-hydrogen) atoms. The highest BCUT2D eigenvalue weighted by molar-refractivity contribution is 5.21. The standard InChI is InChI=1S/C13H19N2O/c1-2-14(15-8-10-16-11-9-15)12-13-6-4-3-5-7-13/h3-7,12H,2,8-11H2,1H3. The van der Waals surface area contributed by atoms with Crippen molar-refractivity contribution in [2.75, 3.05) is 32.8 Å². The maximum absolute atomic E-state index is 5.36. The molecular formula is C13H19N2O. The Morgan fingerprint density at radius 1 is 1.25 bits per heavy atom. The van der Waals surface area contributed by atoms with Crippen molar-refractivity contribution in [3.05, 3.63) is 42.4 Å². The van der Waals surface area contributed by atoms with Crippen molar-refractivity contribution in [1.29, 1.82) is 0 Å². The van der Waals surface area contributed by atoms with Crippen molar-refractivity contribution in [2.24, 2.45) is 0 Å². The molecule has 1 radical (unpaired) electrons. The predicted molar refractivity (Wildman–Crippen MR) is 64.6 cm³/mol. The molecule has 1 aliphatic heterocycles. The molecule has 1 saturated heterocycles. The summed E-state index contributed by atoms with van der Waals surface area (Å²) in [5, 5.41) is 4.62. The van der Waals surface area contributed by atoms with E-state index in [0.717, 1.165) is 32.8 Å². The molecule has 0 unspecified atom stereocenters. The molecule has 0 N–H and O–H groups in total. The van der Waals surface area contributed by atoms with Crippen LogP contribution in [-0.2, 0) is 4.74 Å². The summed E-state index contributed by atoms with van der Waals surface area (Å²) in [5.74, 6) is 0. The van der Waals surface area contributed by atoms with Crippen molar-refractivity contribution in [2.45, 2.75) is 6.92 Å². The Hall–Kier alpha value is -0.900. The Morgan fingerprint density at radius 2 is 1.94 bits per heavy atom. The lowest BCUT2D eigenvalue weighted by atomic mass is 10.2. The van der Waals surface area contributed by atoms with Crippen LogP contribution in [0.25, 0.3) is 0 Å². The zero-order chi connectivity index (χ0) is 11.2. The van der Waals surface area contributed by atoms with Gasteiger partial charge in [-0.1, -0.05) is 37.3 Å². The first-order chi connectivity index (χ1) is 7.90. The molecule has 1 aromatic carbocycles. The Morgan fingerprint density at radius 3 is 2.56 bits per heavy atom. The van der Waals surface area contributed by atoms with Gasteiger partial charge in [0.05, 0.1) is 19.8 Å². The third-order valence-electron chi connectivity index (χ3n) is 2.77. The van der Waals surface area contributed by atoms with E-state index < -0.39 is 0 Å². The smallest absolute Gasteiger partial charge is 0.0706 e. The molecule has 0 aliphatic carbocycles. The lowest BCUT2D eigenvalue weighted by Gasteiger charge is -2.36. The van der Waals surface area contributed by atoms with Crippen molar-refractivity contribution in [3.63, 3.8) is 0 Å². The van der Waals surface area contributed by atoms with Gasteiger partial charge in [-0.15, -0.1) is 0 Å². The first-order valence-corrected chi connectivity index (χ1v) is 5.89. The van der Waals surface area contributed by atoms with Gasteiger partial charge in [-0.25, -0.2) is 10.0 Å². The summed E-state index contributed by atoms with van der Waals surface area (Å²) in [6.07, 6.45) is 0. The minimum atomic E-state index is 0.832. The van der Waals surface area contributed by atoms with E-state index in [-0.39, 0.29) is 0 Å². The lowest BCUT2D eigenvalue weighted by Crippen LogP contribution is -2.47. The molecule has 0 spiro atoms. The molecule has 0 amide bonds. The number of nitrogens with zero attached hydrogens (tertiary/aromatic N) is 2. The number of morpholine rings is 1. The van der Waals surface area contributed by atoms with E-state index in [1.54, 1.807) is 0 Å². The SMILES string of the molecule is CCN([CH]c1ccccc1)N1CCOCC1. The second-order valence-corrected chi connectivity index (χ2v) is 3.86. The maximum atomic E-state index is 5.36. The molecule has 1 heterocycles. The topological polar surface area (TPSA) is 15.7 Å². The fourth-order valence-electron chi connectivity index (χ4n) is 1.89. The Bertz CT molecular complexity index is 296. The van der Waals surface area contributed by atoms with Crippen molar-refractivity contribution in [1.82, 2.24) is 10.0 Å². The molecule has 0 bridgehead atoms. The molecule has 0 saturated carbocycles. The zero-order valence-corrected chi connectivity index (χ0v) is 9.80. The second-order valence-electron chi connectivity index (χ2n) is 3.86. The molecule has 87 valence electrons. The molecule has 0 aromatic heterocycles. The Labute approximate surface area is 97.6 Å². The lowest BCUT2D eigenvalue weighted by molar-refractivity contribution is -0.0685. The summed E-state index contributed by atoms with van der Waals surface area (Å²) in [6.45, 7) is 9.00. The third-order valence-corrected chi connectivity index (χ3v) is 2.77. The van der Waals surface area contributed by atoms with Gasteiger partial charge in [-0.05, 0) is 5.56 Å². The summed E-state index contributed by atoms with van der Waals surface area (Å²) in [7, 11) is 0. The van der Waals surface area contributed by atoms with Crippen LogP contribution in [0.1, 0.15) is 12.5 Å². The van der Waals surface area contributed by atoms with E-state index in [4.69, 9.17) is 4.74 Å². The fraction of sp³-hybridized carbons (Fsp3) is 0.462. The molecule has 0 atom stereocenters. The van der Waals surface area contributed by atoms with E-state index in [0.29, 0.717) is 0 Å². The van der Waals surface area contributed by atoms with E-state index in [1.165, 1.54) is 5.56 Å². The van der Waals surface area contributed by atoms with Crippen LogP contribution >= 0.6 is 0 Å². The first-order valence-electron chi connectivity index (χ1n) is 5.89. The molecule has 2 rings (SSSR count). The Kier molecular flexibility index (Phi) is 4.34. The van der Waals surface area contributed by atoms with Crippen LogP contribution in [0.4, 0.5) is 0 Å². The maximum Gasteiger partial charge on any atom is 0.0706 e. The second kappa shape index (κ2) is 5.99. The van der Waals surface area contributed by atoms with Gasteiger partial charge in [0.25, 0.3) is 0 Å². The van der Waals surface area contributed by atoms with Gasteiger partial charge in [0.2, 0.25) is 0 Å². The number of rotatable bonds is 4. The minimum Gasteiger partial charge on any atom is -0.379 e. The average Bonchev–Trinajstić information content (AvgIpc) is 2.38. The first kappa shape index (κ1) is 11.6. The molecule has 1 aromatic rings. The number of hydrogen-bond acceptors (Lipinski definition) is 3. The van der Waals surface area contributed by atoms with Gasteiger partial charge in [-0.2, -0.15) is 0 Å². The van der Waals surface area contributed by atoms with Gasteiger partial charge in [0.1, 0.15) is 0 Å². The van der Waals surface area contributed by atoms with Crippen LogP contribution in [-0.4, -0.2) is 42.9 Å². The number of hydrazine groups is 1. The number of ether oxygens (including phenoxy) is 1. The van der Waals surface area contributed by atoms with Crippen LogP contribution < -0.4 is 0 Å². The highest BCUT2D eigenvalue weighted by Gasteiger charge is 2.17. The highest BCUT2D eigenvalue weighted by atomic mass is 16.5. The van der Waals surface area contributed by atoms with Crippen molar-refractivity contribution < 1.29 is 4.74 Å². The van der Waals surface area contributed by atoms with Gasteiger partial charge in [0.15, 0.2) is 0 Å².